The van der Waals surface area contributed by atoms with Crippen molar-refractivity contribution in [3.8, 4) is 0 Å². The normalized spacial score (nSPS) is 26.2. The van der Waals surface area contributed by atoms with E-state index in [4.69, 9.17) is 0 Å². The molecule has 4 nitrogen and oxygen atoms in total. The molecule has 4 heteroatoms. The van der Waals surface area contributed by atoms with Crippen LogP contribution in [0.15, 0.2) is 12.7 Å². The minimum Gasteiger partial charge on any atom is -0.342 e. The SMILES string of the molecule is C=CC(C)N1C(=O)C(CC(C)C)NC(=O)C1CC. The van der Waals surface area contributed by atoms with E-state index in [0.717, 1.165) is 0 Å². The van der Waals surface area contributed by atoms with Gasteiger partial charge in [-0.2, -0.15) is 0 Å². The van der Waals surface area contributed by atoms with Crippen molar-refractivity contribution in [1.82, 2.24) is 10.2 Å². The number of nitrogens with one attached hydrogen (secondary N) is 1. The third-order valence-corrected chi connectivity index (χ3v) is 3.38. The molecule has 0 aromatic heterocycles. The minimum atomic E-state index is -0.386. The highest BCUT2D eigenvalue weighted by Gasteiger charge is 2.41. The zero-order valence-corrected chi connectivity index (χ0v) is 11.8. The van der Waals surface area contributed by atoms with E-state index in [0.29, 0.717) is 18.8 Å². The van der Waals surface area contributed by atoms with Crippen LogP contribution < -0.4 is 5.32 Å². The van der Waals surface area contributed by atoms with Gasteiger partial charge in [0, 0.05) is 6.04 Å². The first kappa shape index (κ1) is 14.7. The summed E-state index contributed by atoms with van der Waals surface area (Å²) in [6, 6.07) is -0.861. The van der Waals surface area contributed by atoms with Gasteiger partial charge in [-0.15, -0.1) is 6.58 Å². The number of carbonyl (C=O) groups is 2. The van der Waals surface area contributed by atoms with E-state index in [1.165, 1.54) is 0 Å². The maximum atomic E-state index is 12.4. The van der Waals surface area contributed by atoms with Crippen molar-refractivity contribution in [1.29, 1.82) is 0 Å². The number of piperazine rings is 1. The van der Waals surface area contributed by atoms with E-state index < -0.39 is 0 Å². The lowest BCUT2D eigenvalue weighted by Crippen LogP contribution is -2.65. The summed E-state index contributed by atoms with van der Waals surface area (Å²) in [5, 5.41) is 2.84. The first-order chi connectivity index (χ1) is 8.42. The predicted octanol–water partition coefficient (Wildman–Crippen LogP) is 1.71. The van der Waals surface area contributed by atoms with Crippen LogP contribution in [-0.4, -0.2) is 34.8 Å². The molecule has 1 fully saturated rings. The van der Waals surface area contributed by atoms with Gasteiger partial charge in [0.2, 0.25) is 11.8 Å². The van der Waals surface area contributed by atoms with Gasteiger partial charge in [-0.3, -0.25) is 9.59 Å². The number of hydrogen-bond donors (Lipinski definition) is 1. The largest absolute Gasteiger partial charge is 0.342 e. The first-order valence-electron chi connectivity index (χ1n) is 6.67. The lowest BCUT2D eigenvalue weighted by molar-refractivity contribution is -0.151. The number of rotatable bonds is 5. The van der Waals surface area contributed by atoms with Crippen LogP contribution in [-0.2, 0) is 9.59 Å². The van der Waals surface area contributed by atoms with E-state index >= 15 is 0 Å². The Balaban J connectivity index is 2.96. The molecule has 0 radical (unpaired) electrons. The van der Waals surface area contributed by atoms with Crippen LogP contribution in [0, 0.1) is 5.92 Å². The molecule has 2 amide bonds. The Morgan fingerprint density at radius 3 is 2.44 bits per heavy atom. The monoisotopic (exact) mass is 252 g/mol. The van der Waals surface area contributed by atoms with Crippen LogP contribution in [0.4, 0.5) is 0 Å². The maximum absolute atomic E-state index is 12.4. The van der Waals surface area contributed by atoms with Crippen LogP contribution in [0.5, 0.6) is 0 Å². The van der Waals surface area contributed by atoms with E-state index in [9.17, 15) is 9.59 Å². The second-order valence-electron chi connectivity index (χ2n) is 5.34. The molecule has 18 heavy (non-hydrogen) atoms. The van der Waals surface area contributed by atoms with Gasteiger partial charge in [0.1, 0.15) is 12.1 Å². The van der Waals surface area contributed by atoms with E-state index in [2.05, 4.69) is 11.9 Å². The second-order valence-corrected chi connectivity index (χ2v) is 5.34. The van der Waals surface area contributed by atoms with Gasteiger partial charge in [-0.1, -0.05) is 26.8 Å². The lowest BCUT2D eigenvalue weighted by Gasteiger charge is -2.41. The molecule has 0 aliphatic carbocycles. The Morgan fingerprint density at radius 1 is 1.39 bits per heavy atom. The van der Waals surface area contributed by atoms with Crippen molar-refractivity contribution in [3.63, 3.8) is 0 Å². The topological polar surface area (TPSA) is 49.4 Å². The first-order valence-corrected chi connectivity index (χ1v) is 6.67. The summed E-state index contributed by atoms with van der Waals surface area (Å²) in [5.41, 5.74) is 0. The van der Waals surface area contributed by atoms with Crippen molar-refractivity contribution < 1.29 is 9.59 Å². The molecule has 1 heterocycles. The highest BCUT2D eigenvalue weighted by molar-refractivity contribution is 5.97. The predicted molar refractivity (Wildman–Crippen MR) is 72.0 cm³/mol. The third-order valence-electron chi connectivity index (χ3n) is 3.38. The highest BCUT2D eigenvalue weighted by Crippen LogP contribution is 2.20. The summed E-state index contributed by atoms with van der Waals surface area (Å²) in [4.78, 5) is 26.2. The molecular formula is C14H24N2O2. The van der Waals surface area contributed by atoms with Crippen LogP contribution in [0.1, 0.15) is 40.5 Å². The summed E-state index contributed by atoms with van der Waals surface area (Å²) in [5.74, 6) is 0.345. The zero-order valence-electron chi connectivity index (χ0n) is 11.8. The molecule has 1 aliphatic rings. The van der Waals surface area contributed by atoms with Gasteiger partial charge >= 0.3 is 0 Å². The fourth-order valence-electron chi connectivity index (χ4n) is 2.40. The molecule has 3 atom stereocenters. The Hall–Kier alpha value is -1.32. The van der Waals surface area contributed by atoms with Crippen molar-refractivity contribution in [2.45, 2.75) is 58.7 Å². The smallest absolute Gasteiger partial charge is 0.246 e. The van der Waals surface area contributed by atoms with Gasteiger partial charge in [-0.25, -0.2) is 0 Å². The van der Waals surface area contributed by atoms with Crippen LogP contribution >= 0.6 is 0 Å². The number of carbonyl (C=O) groups excluding carboxylic acids is 2. The summed E-state index contributed by atoms with van der Waals surface area (Å²) in [6.45, 7) is 11.6. The average molecular weight is 252 g/mol. The number of amides is 2. The Labute approximate surface area is 109 Å². The van der Waals surface area contributed by atoms with Gasteiger partial charge in [0.15, 0.2) is 0 Å². The Kier molecular flexibility index (Phi) is 4.93. The Bertz CT molecular complexity index is 339. The lowest BCUT2D eigenvalue weighted by atomic mass is 9.96. The van der Waals surface area contributed by atoms with Gasteiger partial charge in [0.25, 0.3) is 0 Å². The summed E-state index contributed by atoms with van der Waals surface area (Å²) in [6.07, 6.45) is 3.02. The van der Waals surface area contributed by atoms with Crippen molar-refractivity contribution in [2.75, 3.05) is 0 Å². The molecule has 1 N–H and O–H groups in total. The molecule has 1 rings (SSSR count). The standard InChI is InChI=1S/C14H24N2O2/c1-6-10(5)16-12(7-2)13(17)15-11(14(16)18)8-9(3)4/h6,9-12H,1,7-8H2,2-5H3,(H,15,17). The van der Waals surface area contributed by atoms with Crippen molar-refractivity contribution in [3.05, 3.63) is 12.7 Å². The second kappa shape index (κ2) is 6.03. The third kappa shape index (κ3) is 2.92. The molecule has 1 aliphatic heterocycles. The summed E-state index contributed by atoms with van der Waals surface area (Å²) in [7, 11) is 0. The molecular weight excluding hydrogens is 228 g/mol. The minimum absolute atomic E-state index is 0.0163. The molecule has 0 saturated carbocycles. The molecule has 1 saturated heterocycles. The summed E-state index contributed by atoms with van der Waals surface area (Å²) < 4.78 is 0. The number of hydrogen-bond acceptors (Lipinski definition) is 2. The van der Waals surface area contributed by atoms with E-state index in [1.54, 1.807) is 11.0 Å². The molecule has 0 aromatic rings. The summed E-state index contributed by atoms with van der Waals surface area (Å²) >= 11 is 0. The fourth-order valence-corrected chi connectivity index (χ4v) is 2.40. The molecule has 0 bridgehead atoms. The van der Waals surface area contributed by atoms with Gasteiger partial charge in [0.05, 0.1) is 0 Å². The fraction of sp³-hybridized carbons (Fsp3) is 0.714. The number of nitrogens with zero attached hydrogens (tertiary/aromatic N) is 1. The van der Waals surface area contributed by atoms with E-state index in [-0.39, 0.29) is 29.9 Å². The van der Waals surface area contributed by atoms with Gasteiger partial charge < -0.3 is 10.2 Å². The van der Waals surface area contributed by atoms with E-state index in [1.807, 2.05) is 27.7 Å². The maximum Gasteiger partial charge on any atom is 0.246 e. The van der Waals surface area contributed by atoms with Gasteiger partial charge in [-0.05, 0) is 25.7 Å². The molecule has 3 unspecified atom stereocenters. The average Bonchev–Trinajstić information content (AvgIpc) is 2.31. The highest BCUT2D eigenvalue weighted by atomic mass is 16.2. The van der Waals surface area contributed by atoms with Crippen LogP contribution in [0.2, 0.25) is 0 Å². The van der Waals surface area contributed by atoms with Crippen molar-refractivity contribution in [2.24, 2.45) is 5.92 Å². The molecule has 0 spiro atoms. The van der Waals surface area contributed by atoms with Crippen LogP contribution in [0.25, 0.3) is 0 Å². The molecule has 102 valence electrons. The Morgan fingerprint density at radius 2 is 2.00 bits per heavy atom. The zero-order chi connectivity index (χ0) is 13.9. The quantitative estimate of drug-likeness (QED) is 0.757. The van der Waals surface area contributed by atoms with Crippen LogP contribution in [0.3, 0.4) is 0 Å². The molecule has 0 aromatic carbocycles. The van der Waals surface area contributed by atoms with Crippen molar-refractivity contribution >= 4 is 11.8 Å².